The van der Waals surface area contributed by atoms with Gasteiger partial charge < -0.3 is 9.64 Å². The second-order valence-electron chi connectivity index (χ2n) is 6.97. The van der Waals surface area contributed by atoms with Crippen molar-refractivity contribution in [2.75, 3.05) is 18.0 Å². The van der Waals surface area contributed by atoms with Gasteiger partial charge >= 0.3 is 0 Å². The predicted molar refractivity (Wildman–Crippen MR) is 113 cm³/mol. The van der Waals surface area contributed by atoms with Crippen LogP contribution in [0.2, 0.25) is 0 Å². The van der Waals surface area contributed by atoms with Crippen LogP contribution in [0, 0.1) is 6.92 Å². The molecule has 4 rings (SSSR count). The molecular formula is C22H26ClN3O. The fourth-order valence-electron chi connectivity index (χ4n) is 3.62. The first-order valence-electron chi connectivity index (χ1n) is 9.49. The zero-order valence-corrected chi connectivity index (χ0v) is 16.5. The number of ether oxygens (including phenoxy) is 1. The third-order valence-electron chi connectivity index (χ3n) is 4.95. The highest BCUT2D eigenvalue weighted by molar-refractivity contribution is 5.92. The Bertz CT molecular complexity index is 877. The zero-order chi connectivity index (χ0) is 17.8. The van der Waals surface area contributed by atoms with Crippen molar-refractivity contribution >= 4 is 29.0 Å². The van der Waals surface area contributed by atoms with Gasteiger partial charge in [-0.15, -0.1) is 12.4 Å². The number of hydrogen-bond donors (Lipinski definition) is 0. The van der Waals surface area contributed by atoms with E-state index in [9.17, 15) is 0 Å². The van der Waals surface area contributed by atoms with Gasteiger partial charge in [0.1, 0.15) is 12.4 Å². The van der Waals surface area contributed by atoms with Gasteiger partial charge in [-0.05, 0) is 50.1 Å². The van der Waals surface area contributed by atoms with Gasteiger partial charge in [-0.25, -0.2) is 0 Å². The van der Waals surface area contributed by atoms with Crippen molar-refractivity contribution in [3.63, 3.8) is 0 Å². The molecule has 0 bridgehead atoms. The largest absolute Gasteiger partial charge is 0.487 e. The summed E-state index contributed by atoms with van der Waals surface area (Å²) < 4.78 is 5.93. The molecule has 0 aliphatic carbocycles. The third kappa shape index (κ3) is 4.69. The van der Waals surface area contributed by atoms with Crippen LogP contribution in [-0.4, -0.2) is 23.1 Å². The fraction of sp³-hybridized carbons (Fsp3) is 0.364. The highest BCUT2D eigenvalue weighted by atomic mass is 35.5. The van der Waals surface area contributed by atoms with Crippen LogP contribution in [0.4, 0.5) is 5.69 Å². The second-order valence-corrected chi connectivity index (χ2v) is 6.97. The van der Waals surface area contributed by atoms with Gasteiger partial charge in [0.15, 0.2) is 0 Å². The number of nitrogens with zero attached hydrogens (tertiary/aromatic N) is 3. The molecule has 1 aliphatic rings. The van der Waals surface area contributed by atoms with Crippen LogP contribution in [0.25, 0.3) is 10.9 Å². The predicted octanol–water partition coefficient (Wildman–Crippen LogP) is 5.32. The first-order chi connectivity index (χ1) is 12.8. The van der Waals surface area contributed by atoms with Crippen LogP contribution in [-0.2, 0) is 6.61 Å². The number of anilines is 1. The Hall–Kier alpha value is -2.33. The summed E-state index contributed by atoms with van der Waals surface area (Å²) in [6.07, 6.45) is 7.01. The smallest absolute Gasteiger partial charge is 0.130 e. The Morgan fingerprint density at radius 3 is 2.56 bits per heavy atom. The van der Waals surface area contributed by atoms with Crippen molar-refractivity contribution in [1.82, 2.24) is 9.97 Å². The van der Waals surface area contributed by atoms with Crippen molar-refractivity contribution < 1.29 is 4.74 Å². The lowest BCUT2D eigenvalue weighted by molar-refractivity contribution is 0.301. The summed E-state index contributed by atoms with van der Waals surface area (Å²) in [4.78, 5) is 11.6. The van der Waals surface area contributed by atoms with Gasteiger partial charge in [0.25, 0.3) is 0 Å². The molecule has 1 saturated heterocycles. The van der Waals surface area contributed by atoms with Crippen molar-refractivity contribution in [2.45, 2.75) is 39.2 Å². The number of rotatable bonds is 4. The fourth-order valence-corrected chi connectivity index (χ4v) is 3.62. The summed E-state index contributed by atoms with van der Waals surface area (Å²) in [5, 5.41) is 1.21. The molecule has 3 aromatic rings. The van der Waals surface area contributed by atoms with Crippen LogP contribution < -0.4 is 9.64 Å². The van der Waals surface area contributed by atoms with Crippen LogP contribution in [0.1, 0.15) is 37.1 Å². The van der Waals surface area contributed by atoms with E-state index in [2.05, 4.69) is 28.9 Å². The highest BCUT2D eigenvalue weighted by Crippen LogP contribution is 2.31. The summed E-state index contributed by atoms with van der Waals surface area (Å²) in [7, 11) is 0. The summed E-state index contributed by atoms with van der Waals surface area (Å²) in [5.74, 6) is 0.836. The van der Waals surface area contributed by atoms with Crippen LogP contribution in [0.5, 0.6) is 5.75 Å². The Morgan fingerprint density at radius 1 is 1.00 bits per heavy atom. The maximum atomic E-state index is 5.93. The zero-order valence-electron chi connectivity index (χ0n) is 15.7. The first kappa shape index (κ1) is 19.4. The van der Waals surface area contributed by atoms with Crippen molar-refractivity contribution in [2.24, 2.45) is 0 Å². The molecule has 1 aliphatic heterocycles. The number of halogens is 1. The maximum absolute atomic E-state index is 5.93. The molecular weight excluding hydrogens is 358 g/mol. The van der Waals surface area contributed by atoms with E-state index in [0.29, 0.717) is 6.61 Å². The lowest BCUT2D eigenvalue weighted by Gasteiger charge is -2.24. The SMILES string of the molecule is Cc1cc(N2CCCCCC2)c2ccc(OCc3ccccn3)cc2n1.Cl. The number of fused-ring (bicyclic) bond motifs is 1. The summed E-state index contributed by atoms with van der Waals surface area (Å²) >= 11 is 0. The topological polar surface area (TPSA) is 38.2 Å². The van der Waals surface area contributed by atoms with Gasteiger partial charge in [0.2, 0.25) is 0 Å². The van der Waals surface area contributed by atoms with E-state index in [1.165, 1.54) is 36.8 Å². The number of benzene rings is 1. The summed E-state index contributed by atoms with van der Waals surface area (Å²) in [6.45, 7) is 4.81. The van der Waals surface area contributed by atoms with E-state index in [4.69, 9.17) is 9.72 Å². The molecule has 3 heterocycles. The monoisotopic (exact) mass is 383 g/mol. The van der Waals surface area contributed by atoms with E-state index < -0.39 is 0 Å². The highest BCUT2D eigenvalue weighted by Gasteiger charge is 2.14. The maximum Gasteiger partial charge on any atom is 0.130 e. The average molecular weight is 384 g/mol. The molecule has 0 amide bonds. The summed E-state index contributed by atoms with van der Waals surface area (Å²) in [5.41, 5.74) is 4.29. The molecule has 0 unspecified atom stereocenters. The van der Waals surface area contributed by atoms with Crippen molar-refractivity contribution in [3.05, 3.63) is 60.0 Å². The van der Waals surface area contributed by atoms with Crippen LogP contribution in [0.15, 0.2) is 48.7 Å². The second kappa shape index (κ2) is 9.05. The number of hydrogen-bond acceptors (Lipinski definition) is 4. The molecule has 0 N–H and O–H groups in total. The minimum Gasteiger partial charge on any atom is -0.487 e. The molecule has 142 valence electrons. The summed E-state index contributed by atoms with van der Waals surface area (Å²) in [6, 6.07) is 14.3. The van der Waals surface area contributed by atoms with Gasteiger partial charge in [0.05, 0.1) is 11.2 Å². The van der Waals surface area contributed by atoms with Gasteiger partial charge in [-0.2, -0.15) is 0 Å². The quantitative estimate of drug-likeness (QED) is 0.611. The molecule has 2 aromatic heterocycles. The molecule has 1 fully saturated rings. The molecule has 0 atom stereocenters. The van der Waals surface area contributed by atoms with Gasteiger partial charge in [0, 0.05) is 42.1 Å². The Kier molecular flexibility index (Phi) is 6.51. The van der Waals surface area contributed by atoms with Crippen LogP contribution in [0.3, 0.4) is 0 Å². The normalized spacial score (nSPS) is 14.5. The first-order valence-corrected chi connectivity index (χ1v) is 9.49. The Balaban J connectivity index is 0.00000210. The minimum atomic E-state index is 0. The number of aromatic nitrogens is 2. The third-order valence-corrected chi connectivity index (χ3v) is 4.95. The van der Waals surface area contributed by atoms with E-state index in [1.54, 1.807) is 6.20 Å². The molecule has 0 radical (unpaired) electrons. The Morgan fingerprint density at radius 2 is 1.81 bits per heavy atom. The molecule has 4 nitrogen and oxygen atoms in total. The number of aryl methyl sites for hydroxylation is 1. The molecule has 27 heavy (non-hydrogen) atoms. The standard InChI is InChI=1S/C22H25N3O.ClH/c1-17-14-22(25-12-6-2-3-7-13-25)20-10-9-19(15-21(20)24-17)26-16-18-8-4-5-11-23-18;/h4-5,8-11,14-15H,2-3,6-7,12-13,16H2,1H3;1H. The minimum absolute atomic E-state index is 0. The van der Waals surface area contributed by atoms with E-state index in [-0.39, 0.29) is 12.4 Å². The Labute approximate surface area is 167 Å². The van der Waals surface area contributed by atoms with Crippen molar-refractivity contribution in [1.29, 1.82) is 0 Å². The van der Waals surface area contributed by atoms with Gasteiger partial charge in [-0.3, -0.25) is 9.97 Å². The average Bonchev–Trinajstić information content (AvgIpc) is 2.95. The molecule has 1 aromatic carbocycles. The lowest BCUT2D eigenvalue weighted by atomic mass is 10.1. The van der Waals surface area contributed by atoms with E-state index in [1.807, 2.05) is 30.3 Å². The van der Waals surface area contributed by atoms with E-state index in [0.717, 1.165) is 35.7 Å². The lowest BCUT2D eigenvalue weighted by Crippen LogP contribution is -2.24. The van der Waals surface area contributed by atoms with Gasteiger partial charge in [-0.1, -0.05) is 18.9 Å². The molecule has 5 heteroatoms. The number of pyridine rings is 2. The van der Waals surface area contributed by atoms with Crippen LogP contribution >= 0.6 is 12.4 Å². The molecule has 0 spiro atoms. The molecule has 0 saturated carbocycles. The van der Waals surface area contributed by atoms with E-state index >= 15 is 0 Å². The van der Waals surface area contributed by atoms with Crippen molar-refractivity contribution in [3.8, 4) is 5.75 Å².